The third-order valence-electron chi connectivity index (χ3n) is 5.73. The van der Waals surface area contributed by atoms with E-state index >= 15 is 0 Å². The number of carbonyl (C=O) groups excluding carboxylic acids is 1. The van der Waals surface area contributed by atoms with Gasteiger partial charge < -0.3 is 4.90 Å². The van der Waals surface area contributed by atoms with Crippen LogP contribution in [-0.2, 0) is 24.9 Å². The molecule has 0 bridgehead atoms. The minimum atomic E-state index is -0.283. The largest absolute Gasteiger partial charge is 0.340 e. The minimum absolute atomic E-state index is 0.0685. The fraction of sp³-hybridized carbons (Fsp3) is 0.304. The van der Waals surface area contributed by atoms with Crippen molar-refractivity contribution in [3.63, 3.8) is 0 Å². The number of fused-ring (bicyclic) bond motifs is 1. The lowest BCUT2D eigenvalue weighted by atomic mass is 10.0. The van der Waals surface area contributed by atoms with Crippen molar-refractivity contribution < 1.29 is 9.18 Å². The van der Waals surface area contributed by atoms with Gasteiger partial charge >= 0.3 is 0 Å². The minimum Gasteiger partial charge on any atom is -0.340 e. The van der Waals surface area contributed by atoms with Crippen LogP contribution in [0.4, 0.5) is 4.39 Å². The molecule has 160 valence electrons. The van der Waals surface area contributed by atoms with Crippen molar-refractivity contribution in [2.45, 2.75) is 33.9 Å². The molecule has 7 nitrogen and oxygen atoms in total. The van der Waals surface area contributed by atoms with Crippen LogP contribution in [0.1, 0.15) is 22.6 Å². The maximum absolute atomic E-state index is 13.4. The fourth-order valence-corrected chi connectivity index (χ4v) is 3.88. The van der Waals surface area contributed by atoms with Gasteiger partial charge in [0.1, 0.15) is 12.4 Å². The number of amides is 1. The average molecular weight is 420 g/mol. The Hall–Kier alpha value is -3.55. The van der Waals surface area contributed by atoms with Crippen molar-refractivity contribution in [2.24, 2.45) is 7.05 Å². The van der Waals surface area contributed by atoms with Gasteiger partial charge in [-0.15, -0.1) is 0 Å². The van der Waals surface area contributed by atoms with E-state index in [2.05, 4.69) is 15.2 Å². The van der Waals surface area contributed by atoms with Crippen molar-refractivity contribution in [3.05, 3.63) is 65.0 Å². The molecule has 0 aliphatic heterocycles. The molecule has 1 amide bonds. The van der Waals surface area contributed by atoms with Crippen LogP contribution >= 0.6 is 0 Å². The zero-order valence-electron chi connectivity index (χ0n) is 18.3. The zero-order chi connectivity index (χ0) is 22.3. The number of hydrogen-bond donors (Lipinski definition) is 0. The summed E-state index contributed by atoms with van der Waals surface area (Å²) < 4.78 is 16.8. The molecule has 3 aromatic heterocycles. The van der Waals surface area contributed by atoms with Crippen LogP contribution in [0.3, 0.4) is 0 Å². The van der Waals surface area contributed by atoms with Crippen molar-refractivity contribution in [2.75, 3.05) is 7.05 Å². The molecule has 0 fully saturated rings. The number of benzene rings is 1. The van der Waals surface area contributed by atoms with Crippen molar-refractivity contribution in [1.29, 1.82) is 0 Å². The number of halogens is 1. The number of pyridine rings is 1. The highest BCUT2D eigenvalue weighted by atomic mass is 19.1. The SMILES string of the molecule is Cc1nn(C)c(C)c1CN(C)C(=O)Cn1nc(C)c2c(-c3ccc(F)cc3)ccnc21. The smallest absolute Gasteiger partial charge is 0.244 e. The Kier molecular flexibility index (Phi) is 5.31. The predicted molar refractivity (Wildman–Crippen MR) is 117 cm³/mol. The summed E-state index contributed by atoms with van der Waals surface area (Å²) in [5.74, 6) is -0.352. The van der Waals surface area contributed by atoms with Crippen LogP contribution in [0.5, 0.6) is 0 Å². The van der Waals surface area contributed by atoms with Gasteiger partial charge in [-0.1, -0.05) is 12.1 Å². The second kappa shape index (κ2) is 7.94. The van der Waals surface area contributed by atoms with Gasteiger partial charge in [0.15, 0.2) is 5.65 Å². The molecule has 0 saturated heterocycles. The molecule has 0 N–H and O–H groups in total. The van der Waals surface area contributed by atoms with E-state index in [-0.39, 0.29) is 18.3 Å². The standard InChI is InChI=1S/C23H25FN6O/c1-14-20(16(3)29(5)26-14)12-28(4)21(31)13-30-23-22(15(2)27-30)19(10-11-25-23)17-6-8-18(24)9-7-17/h6-11H,12-13H2,1-5H3. The van der Waals surface area contributed by atoms with E-state index in [4.69, 9.17) is 0 Å². The van der Waals surface area contributed by atoms with Gasteiger partial charge in [0, 0.05) is 43.5 Å². The van der Waals surface area contributed by atoms with Crippen LogP contribution in [0.2, 0.25) is 0 Å². The van der Waals surface area contributed by atoms with Gasteiger partial charge in [0.25, 0.3) is 0 Å². The Balaban J connectivity index is 1.62. The Morgan fingerprint density at radius 1 is 1.06 bits per heavy atom. The molecule has 4 aromatic rings. The van der Waals surface area contributed by atoms with Gasteiger partial charge in [0.05, 0.1) is 11.4 Å². The molecule has 0 atom stereocenters. The molecule has 1 aromatic carbocycles. The maximum Gasteiger partial charge on any atom is 0.244 e. The van der Waals surface area contributed by atoms with Crippen LogP contribution in [0, 0.1) is 26.6 Å². The molecule has 0 aliphatic rings. The molecule has 0 radical (unpaired) electrons. The maximum atomic E-state index is 13.4. The van der Waals surface area contributed by atoms with E-state index in [0.29, 0.717) is 12.2 Å². The highest BCUT2D eigenvalue weighted by molar-refractivity contribution is 5.95. The molecule has 3 heterocycles. The highest BCUT2D eigenvalue weighted by Gasteiger charge is 2.19. The zero-order valence-corrected chi connectivity index (χ0v) is 18.3. The molecule has 0 aliphatic carbocycles. The number of aryl methyl sites for hydroxylation is 3. The fourth-order valence-electron chi connectivity index (χ4n) is 3.88. The number of likely N-dealkylation sites (N-methyl/N-ethyl adjacent to an activating group) is 1. The van der Waals surface area contributed by atoms with Crippen LogP contribution in [-0.4, -0.2) is 42.4 Å². The van der Waals surface area contributed by atoms with E-state index in [1.165, 1.54) is 12.1 Å². The number of aromatic nitrogens is 5. The lowest BCUT2D eigenvalue weighted by Gasteiger charge is -2.17. The van der Waals surface area contributed by atoms with Gasteiger partial charge in [0.2, 0.25) is 5.91 Å². The molecule has 0 spiro atoms. The van der Waals surface area contributed by atoms with Crippen LogP contribution < -0.4 is 0 Å². The molecular formula is C23H25FN6O. The second-order valence-electron chi connectivity index (χ2n) is 7.83. The first kappa shape index (κ1) is 20.7. The summed E-state index contributed by atoms with van der Waals surface area (Å²) in [6.07, 6.45) is 1.69. The predicted octanol–water partition coefficient (Wildman–Crippen LogP) is 3.55. The first-order chi connectivity index (χ1) is 14.8. The summed E-state index contributed by atoms with van der Waals surface area (Å²) in [5.41, 5.74) is 6.22. The molecule has 31 heavy (non-hydrogen) atoms. The van der Waals surface area contributed by atoms with Crippen LogP contribution in [0.25, 0.3) is 22.2 Å². The van der Waals surface area contributed by atoms with Crippen molar-refractivity contribution >= 4 is 16.9 Å². The third kappa shape index (κ3) is 3.81. The second-order valence-corrected chi connectivity index (χ2v) is 7.83. The van der Waals surface area contributed by atoms with Gasteiger partial charge in [-0.25, -0.2) is 14.1 Å². The van der Waals surface area contributed by atoms with E-state index in [1.54, 1.807) is 35.0 Å². The van der Waals surface area contributed by atoms with E-state index in [0.717, 1.165) is 39.2 Å². The first-order valence-corrected chi connectivity index (χ1v) is 10.1. The van der Waals surface area contributed by atoms with Gasteiger partial charge in [-0.2, -0.15) is 10.2 Å². The topological polar surface area (TPSA) is 68.8 Å². The molecule has 8 heteroatoms. The number of rotatable bonds is 5. The van der Waals surface area contributed by atoms with Crippen molar-refractivity contribution in [3.8, 4) is 11.1 Å². The summed E-state index contributed by atoms with van der Waals surface area (Å²) in [6, 6.07) is 8.22. The quantitative estimate of drug-likeness (QED) is 0.495. The van der Waals surface area contributed by atoms with Gasteiger partial charge in [-0.3, -0.25) is 9.48 Å². The molecule has 0 saturated carbocycles. The third-order valence-corrected chi connectivity index (χ3v) is 5.73. The highest BCUT2D eigenvalue weighted by Crippen LogP contribution is 2.30. The molecule has 0 unspecified atom stereocenters. The number of nitrogens with zero attached hydrogens (tertiary/aromatic N) is 6. The Bertz CT molecular complexity index is 1270. The van der Waals surface area contributed by atoms with E-state index in [9.17, 15) is 9.18 Å². The van der Waals surface area contributed by atoms with Crippen LogP contribution in [0.15, 0.2) is 36.5 Å². The summed E-state index contributed by atoms with van der Waals surface area (Å²) in [5, 5.41) is 9.87. The Morgan fingerprint density at radius 3 is 2.42 bits per heavy atom. The van der Waals surface area contributed by atoms with Crippen molar-refractivity contribution in [1.82, 2.24) is 29.4 Å². The average Bonchev–Trinajstić information content (AvgIpc) is 3.18. The van der Waals surface area contributed by atoms with E-state index in [1.807, 2.05) is 38.6 Å². The summed E-state index contributed by atoms with van der Waals surface area (Å²) in [7, 11) is 3.68. The molecular weight excluding hydrogens is 395 g/mol. The summed E-state index contributed by atoms with van der Waals surface area (Å²) >= 11 is 0. The Morgan fingerprint density at radius 2 is 1.77 bits per heavy atom. The van der Waals surface area contributed by atoms with E-state index < -0.39 is 0 Å². The van der Waals surface area contributed by atoms with Gasteiger partial charge in [-0.05, 0) is 50.1 Å². The lowest BCUT2D eigenvalue weighted by Crippen LogP contribution is -2.30. The lowest BCUT2D eigenvalue weighted by molar-refractivity contribution is -0.131. The Labute approximate surface area is 180 Å². The normalized spacial score (nSPS) is 11.3. The first-order valence-electron chi connectivity index (χ1n) is 10.1. The number of hydrogen-bond acceptors (Lipinski definition) is 4. The number of carbonyl (C=O) groups is 1. The summed E-state index contributed by atoms with van der Waals surface area (Å²) in [6.45, 7) is 6.41. The monoisotopic (exact) mass is 420 g/mol. The summed E-state index contributed by atoms with van der Waals surface area (Å²) in [4.78, 5) is 19.1. The molecule has 4 rings (SSSR count).